The smallest absolute Gasteiger partial charge is 0.259 e. The van der Waals surface area contributed by atoms with Crippen LogP contribution >= 0.6 is 0 Å². The van der Waals surface area contributed by atoms with Crippen LogP contribution in [-0.2, 0) is 0 Å². The zero-order valence-electron chi connectivity index (χ0n) is 18.9. The van der Waals surface area contributed by atoms with Gasteiger partial charge in [0, 0.05) is 41.9 Å². The number of aliphatic hydroxyl groups is 1. The van der Waals surface area contributed by atoms with Gasteiger partial charge in [-0.2, -0.15) is 5.10 Å². The Labute approximate surface area is 201 Å². The van der Waals surface area contributed by atoms with Crippen molar-refractivity contribution in [3.63, 3.8) is 0 Å². The number of aliphatic hydroxyl groups excluding tert-OH is 1. The number of halogens is 2. The van der Waals surface area contributed by atoms with Crippen LogP contribution in [0.25, 0.3) is 5.52 Å². The molecule has 0 spiro atoms. The van der Waals surface area contributed by atoms with Crippen LogP contribution in [0.5, 0.6) is 0 Å². The number of nitrogens with zero attached hydrogens (tertiary/aromatic N) is 3. The number of hydrogen-bond donors (Lipinski definition) is 3. The van der Waals surface area contributed by atoms with Gasteiger partial charge in [0.2, 0.25) is 0 Å². The van der Waals surface area contributed by atoms with E-state index >= 15 is 0 Å². The molecule has 2 aromatic carbocycles. The maximum Gasteiger partial charge on any atom is 0.259 e. The van der Waals surface area contributed by atoms with E-state index in [0.717, 1.165) is 23.9 Å². The van der Waals surface area contributed by atoms with Crippen molar-refractivity contribution in [1.29, 1.82) is 0 Å². The van der Waals surface area contributed by atoms with E-state index in [9.17, 15) is 13.6 Å². The highest BCUT2D eigenvalue weighted by Gasteiger charge is 2.29. The number of carbonyl (C=O) groups is 1. The van der Waals surface area contributed by atoms with Crippen LogP contribution in [0, 0.1) is 11.6 Å². The molecule has 3 N–H and O–H groups in total. The van der Waals surface area contributed by atoms with Crippen LogP contribution in [0.2, 0.25) is 0 Å². The van der Waals surface area contributed by atoms with Crippen molar-refractivity contribution >= 4 is 28.5 Å². The summed E-state index contributed by atoms with van der Waals surface area (Å²) in [7, 11) is 0. The molecule has 1 fully saturated rings. The van der Waals surface area contributed by atoms with Gasteiger partial charge in [0.15, 0.2) is 0 Å². The summed E-state index contributed by atoms with van der Waals surface area (Å²) in [6, 6.07) is 14.2. The molecule has 2 aromatic heterocycles. The molecule has 0 radical (unpaired) electrons. The molecule has 0 bridgehead atoms. The molecule has 7 nitrogen and oxygen atoms in total. The van der Waals surface area contributed by atoms with E-state index in [4.69, 9.17) is 5.11 Å². The summed E-state index contributed by atoms with van der Waals surface area (Å²) in [5.41, 5.74) is 3.64. The molecule has 4 aromatic rings. The van der Waals surface area contributed by atoms with Gasteiger partial charge in [0.05, 0.1) is 29.9 Å². The fraction of sp³-hybridized carbons (Fsp3) is 0.231. The highest BCUT2D eigenvalue weighted by atomic mass is 19.1. The molecule has 0 saturated carbocycles. The molecule has 35 heavy (non-hydrogen) atoms. The quantitative estimate of drug-likeness (QED) is 0.362. The lowest BCUT2D eigenvalue weighted by Crippen LogP contribution is -2.23. The lowest BCUT2D eigenvalue weighted by molar-refractivity contribution is 0.102. The maximum absolute atomic E-state index is 14.5. The van der Waals surface area contributed by atoms with E-state index in [1.807, 2.05) is 29.2 Å². The van der Waals surface area contributed by atoms with Crippen LogP contribution in [0.15, 0.2) is 67.0 Å². The van der Waals surface area contributed by atoms with Gasteiger partial charge < -0.3 is 20.6 Å². The number of benzene rings is 2. The first kappa shape index (κ1) is 22.8. The minimum atomic E-state index is -0.462. The largest absolute Gasteiger partial charge is 0.395 e. The molecule has 1 amide bonds. The molecular formula is C26H25F2N5O2. The Balaban J connectivity index is 1.39. The zero-order chi connectivity index (χ0) is 24.4. The van der Waals surface area contributed by atoms with E-state index < -0.39 is 11.6 Å². The molecule has 1 atom stereocenters. The lowest BCUT2D eigenvalue weighted by atomic mass is 10.0. The Morgan fingerprint density at radius 2 is 1.89 bits per heavy atom. The first-order valence-corrected chi connectivity index (χ1v) is 11.5. The van der Waals surface area contributed by atoms with Crippen molar-refractivity contribution in [1.82, 2.24) is 9.61 Å². The number of nitrogens with one attached hydrogen (secondary N) is 2. The molecule has 5 rings (SSSR count). The van der Waals surface area contributed by atoms with Gasteiger partial charge in [0.1, 0.15) is 11.6 Å². The van der Waals surface area contributed by atoms with Crippen LogP contribution in [0.1, 0.15) is 34.8 Å². The monoisotopic (exact) mass is 477 g/mol. The first-order chi connectivity index (χ1) is 17.0. The number of hydrogen-bond acceptors (Lipinski definition) is 5. The van der Waals surface area contributed by atoms with Crippen LogP contribution in [0.3, 0.4) is 0 Å². The van der Waals surface area contributed by atoms with Gasteiger partial charge in [-0.15, -0.1) is 0 Å². The molecule has 1 saturated heterocycles. The van der Waals surface area contributed by atoms with E-state index in [2.05, 4.69) is 15.7 Å². The van der Waals surface area contributed by atoms with Gasteiger partial charge in [-0.1, -0.05) is 0 Å². The van der Waals surface area contributed by atoms with Crippen LogP contribution in [-0.4, -0.2) is 40.3 Å². The number of rotatable bonds is 7. The lowest BCUT2D eigenvalue weighted by Gasteiger charge is -2.27. The Kier molecular flexibility index (Phi) is 6.33. The second-order valence-corrected chi connectivity index (χ2v) is 8.47. The highest BCUT2D eigenvalue weighted by Crippen LogP contribution is 2.38. The van der Waals surface area contributed by atoms with Gasteiger partial charge >= 0.3 is 0 Å². The van der Waals surface area contributed by atoms with Gasteiger partial charge in [0.25, 0.3) is 5.91 Å². The molecule has 180 valence electrons. The molecule has 1 aliphatic rings. The predicted octanol–water partition coefficient (Wildman–Crippen LogP) is 4.61. The molecule has 9 heteroatoms. The minimum Gasteiger partial charge on any atom is -0.395 e. The standard InChI is InChI=1S/C26H25F2N5O2/c27-17-3-8-23(28)21(14-17)24-2-1-11-32(24)20-9-12-33-25(15-20)22(16-30-33)26(35)31-19-6-4-18(5-7-19)29-10-13-34/h3-9,12,14-16,24,29,34H,1-2,10-11,13H2,(H,31,35)/t24-/m1/s1. The van der Waals surface area contributed by atoms with Crippen molar-refractivity contribution in [3.8, 4) is 0 Å². The summed E-state index contributed by atoms with van der Waals surface area (Å²) < 4.78 is 30.0. The summed E-state index contributed by atoms with van der Waals surface area (Å²) in [5.74, 6) is -1.19. The number of aromatic nitrogens is 2. The summed E-state index contributed by atoms with van der Waals surface area (Å²) in [6.45, 7) is 1.17. The number of anilines is 3. The average Bonchev–Trinajstić information content (AvgIpc) is 3.52. The Hall–Kier alpha value is -3.98. The highest BCUT2D eigenvalue weighted by molar-refractivity contribution is 6.09. The van der Waals surface area contributed by atoms with E-state index in [0.29, 0.717) is 41.8 Å². The minimum absolute atomic E-state index is 0.0323. The summed E-state index contributed by atoms with van der Waals surface area (Å²) in [4.78, 5) is 15.1. The van der Waals surface area contributed by atoms with Gasteiger partial charge in [-0.3, -0.25) is 4.79 Å². The number of amides is 1. The third-order valence-electron chi connectivity index (χ3n) is 6.23. The predicted molar refractivity (Wildman–Crippen MR) is 131 cm³/mol. The fourth-order valence-electron chi connectivity index (χ4n) is 4.56. The van der Waals surface area contributed by atoms with Crippen molar-refractivity contribution in [3.05, 3.63) is 89.8 Å². The molecule has 1 aliphatic heterocycles. The van der Waals surface area contributed by atoms with E-state index in [-0.39, 0.29) is 18.6 Å². The van der Waals surface area contributed by atoms with E-state index in [1.54, 1.807) is 22.8 Å². The average molecular weight is 478 g/mol. The Morgan fingerprint density at radius 3 is 2.69 bits per heavy atom. The third kappa shape index (κ3) is 4.67. The molecular weight excluding hydrogens is 452 g/mol. The second kappa shape index (κ2) is 9.71. The van der Waals surface area contributed by atoms with E-state index in [1.165, 1.54) is 18.3 Å². The Morgan fingerprint density at radius 1 is 1.09 bits per heavy atom. The summed E-state index contributed by atoms with van der Waals surface area (Å²) >= 11 is 0. The van der Waals surface area contributed by atoms with Crippen LogP contribution < -0.4 is 15.5 Å². The first-order valence-electron chi connectivity index (χ1n) is 11.5. The van der Waals surface area contributed by atoms with Crippen molar-refractivity contribution in [2.75, 3.05) is 35.2 Å². The summed E-state index contributed by atoms with van der Waals surface area (Å²) in [5, 5.41) is 19.1. The van der Waals surface area contributed by atoms with Crippen molar-refractivity contribution in [2.24, 2.45) is 0 Å². The number of carbonyl (C=O) groups excluding carboxylic acids is 1. The van der Waals surface area contributed by atoms with Gasteiger partial charge in [-0.25, -0.2) is 13.3 Å². The molecule has 0 aliphatic carbocycles. The number of fused-ring (bicyclic) bond motifs is 1. The Bertz CT molecular complexity index is 1360. The third-order valence-corrected chi connectivity index (χ3v) is 6.23. The fourth-order valence-corrected chi connectivity index (χ4v) is 4.56. The van der Waals surface area contributed by atoms with Crippen molar-refractivity contribution < 1.29 is 18.7 Å². The molecule has 3 heterocycles. The maximum atomic E-state index is 14.5. The van der Waals surface area contributed by atoms with Crippen molar-refractivity contribution in [2.45, 2.75) is 18.9 Å². The SMILES string of the molecule is O=C(Nc1ccc(NCCO)cc1)c1cnn2ccc(N3CCC[C@@H]3c3cc(F)ccc3F)cc12. The summed E-state index contributed by atoms with van der Waals surface area (Å²) in [6.07, 6.45) is 4.84. The zero-order valence-corrected chi connectivity index (χ0v) is 18.9. The molecule has 0 unspecified atom stereocenters. The van der Waals surface area contributed by atoms with Crippen LogP contribution in [0.4, 0.5) is 25.8 Å². The second-order valence-electron chi connectivity index (χ2n) is 8.47. The van der Waals surface area contributed by atoms with Gasteiger partial charge in [-0.05, 0) is 67.4 Å². The topological polar surface area (TPSA) is 81.9 Å². The normalized spacial score (nSPS) is 15.5. The number of pyridine rings is 1.